The number of benzene rings is 2. The van der Waals surface area contributed by atoms with Crippen LogP contribution < -0.4 is 9.80 Å². The van der Waals surface area contributed by atoms with Gasteiger partial charge in [0.25, 0.3) is 11.1 Å². The number of thioether (sulfide) groups is 1. The maximum absolute atomic E-state index is 12.6. The van der Waals surface area contributed by atoms with Crippen molar-refractivity contribution in [2.24, 2.45) is 0 Å². The summed E-state index contributed by atoms with van der Waals surface area (Å²) in [4.78, 5) is 27.8. The van der Waals surface area contributed by atoms with Crippen LogP contribution in [0.3, 0.4) is 0 Å². The number of carbonyl (C=O) groups is 2. The van der Waals surface area contributed by atoms with Crippen LogP contribution in [0.5, 0.6) is 0 Å². The van der Waals surface area contributed by atoms with Crippen molar-refractivity contribution < 1.29 is 9.59 Å². The molecule has 2 aromatic carbocycles. The lowest BCUT2D eigenvalue weighted by atomic mass is 10.2. The minimum atomic E-state index is -0.528. The Bertz CT molecular complexity index is 660. The molecular formula is C16H14N2O2S. The third kappa shape index (κ3) is 2.52. The van der Waals surface area contributed by atoms with E-state index >= 15 is 0 Å². The molecule has 0 N–H and O–H groups in total. The van der Waals surface area contributed by atoms with Crippen molar-refractivity contribution in [3.63, 3.8) is 0 Å². The summed E-state index contributed by atoms with van der Waals surface area (Å²) in [6.45, 7) is 0. The number of anilines is 2. The number of nitrogens with zero attached hydrogens (tertiary/aromatic N) is 2. The lowest BCUT2D eigenvalue weighted by Crippen LogP contribution is -2.39. The van der Waals surface area contributed by atoms with E-state index in [0.717, 1.165) is 17.4 Å². The van der Waals surface area contributed by atoms with Crippen molar-refractivity contribution in [3.05, 3.63) is 60.7 Å². The van der Waals surface area contributed by atoms with Crippen LogP contribution in [0.4, 0.5) is 16.2 Å². The number of para-hydroxylation sites is 2. The van der Waals surface area contributed by atoms with Gasteiger partial charge < -0.3 is 4.90 Å². The second-order valence-electron chi connectivity index (χ2n) is 4.69. The van der Waals surface area contributed by atoms with Crippen molar-refractivity contribution >= 4 is 34.3 Å². The maximum atomic E-state index is 12.6. The molecule has 3 rings (SSSR count). The second kappa shape index (κ2) is 5.61. The Morgan fingerprint density at radius 2 is 1.52 bits per heavy atom. The smallest absolute Gasteiger partial charge is 0.295 e. The highest BCUT2D eigenvalue weighted by Crippen LogP contribution is 2.34. The minimum absolute atomic E-state index is 0.206. The molecular weight excluding hydrogens is 284 g/mol. The van der Waals surface area contributed by atoms with Gasteiger partial charge in [-0.05, 0) is 36.0 Å². The van der Waals surface area contributed by atoms with Crippen LogP contribution in [-0.4, -0.2) is 23.6 Å². The molecule has 1 fully saturated rings. The van der Waals surface area contributed by atoms with E-state index in [9.17, 15) is 9.59 Å². The molecule has 0 aromatic heterocycles. The highest BCUT2D eigenvalue weighted by atomic mass is 32.2. The Balaban J connectivity index is 1.87. The molecule has 0 bridgehead atoms. The largest absolute Gasteiger partial charge is 0.354 e. The molecule has 1 aliphatic rings. The zero-order valence-electron chi connectivity index (χ0n) is 11.5. The van der Waals surface area contributed by atoms with Crippen LogP contribution in [0.25, 0.3) is 0 Å². The van der Waals surface area contributed by atoms with Gasteiger partial charge in [0, 0.05) is 12.7 Å². The molecule has 4 nitrogen and oxygen atoms in total. The zero-order valence-corrected chi connectivity index (χ0v) is 12.3. The summed E-state index contributed by atoms with van der Waals surface area (Å²) >= 11 is 1.04. The number of likely N-dealkylation sites (N-methyl/N-ethyl adjacent to an activating group) is 1. The zero-order chi connectivity index (χ0) is 14.8. The number of imide groups is 1. The lowest BCUT2D eigenvalue weighted by Gasteiger charge is -2.24. The van der Waals surface area contributed by atoms with E-state index in [-0.39, 0.29) is 11.1 Å². The minimum Gasteiger partial charge on any atom is -0.354 e. The summed E-state index contributed by atoms with van der Waals surface area (Å²) < 4.78 is 0. The fraction of sp³-hybridized carbons (Fsp3) is 0.125. The van der Waals surface area contributed by atoms with E-state index in [4.69, 9.17) is 0 Å². The van der Waals surface area contributed by atoms with Gasteiger partial charge in [0.2, 0.25) is 0 Å². The van der Waals surface area contributed by atoms with Crippen molar-refractivity contribution in [1.82, 2.24) is 0 Å². The highest BCUT2D eigenvalue weighted by Gasteiger charge is 2.42. The molecule has 0 aliphatic carbocycles. The summed E-state index contributed by atoms with van der Waals surface area (Å²) in [6, 6.07) is 18.6. The monoisotopic (exact) mass is 298 g/mol. The standard InChI is InChI=1S/C16H14N2O2S/c1-17(12-8-4-2-5-9-12)15-14(19)18(16(20)21-15)13-10-6-3-7-11-13/h2-11,15H,1H3/t15-/m1/s1. The number of amides is 2. The number of hydrogen-bond donors (Lipinski definition) is 0. The van der Waals surface area contributed by atoms with E-state index in [1.165, 1.54) is 4.90 Å². The van der Waals surface area contributed by atoms with Crippen molar-refractivity contribution in [2.75, 3.05) is 16.8 Å². The molecule has 0 unspecified atom stereocenters. The average molecular weight is 298 g/mol. The molecule has 2 amide bonds. The van der Waals surface area contributed by atoms with Gasteiger partial charge in [-0.1, -0.05) is 36.4 Å². The molecule has 1 saturated heterocycles. The van der Waals surface area contributed by atoms with E-state index in [0.29, 0.717) is 5.69 Å². The van der Waals surface area contributed by atoms with Gasteiger partial charge in [0.15, 0.2) is 5.37 Å². The summed E-state index contributed by atoms with van der Waals surface area (Å²) in [5.74, 6) is -0.206. The maximum Gasteiger partial charge on any atom is 0.295 e. The molecule has 0 radical (unpaired) electrons. The van der Waals surface area contributed by atoms with Gasteiger partial charge >= 0.3 is 0 Å². The van der Waals surface area contributed by atoms with E-state index < -0.39 is 5.37 Å². The van der Waals surface area contributed by atoms with Gasteiger partial charge in [-0.2, -0.15) is 0 Å². The quantitative estimate of drug-likeness (QED) is 0.871. The summed E-state index contributed by atoms with van der Waals surface area (Å²) in [5, 5.41) is -0.765. The topological polar surface area (TPSA) is 40.6 Å². The van der Waals surface area contributed by atoms with Crippen LogP contribution in [0.1, 0.15) is 0 Å². The third-order valence-corrected chi connectivity index (χ3v) is 4.48. The molecule has 0 saturated carbocycles. The molecule has 1 aliphatic heterocycles. The second-order valence-corrected chi connectivity index (χ2v) is 5.72. The van der Waals surface area contributed by atoms with Crippen molar-refractivity contribution in [2.45, 2.75) is 5.37 Å². The summed E-state index contributed by atoms with van der Waals surface area (Å²) in [5.41, 5.74) is 1.52. The van der Waals surface area contributed by atoms with Gasteiger partial charge in [-0.15, -0.1) is 0 Å². The number of rotatable bonds is 3. The third-order valence-electron chi connectivity index (χ3n) is 3.36. The van der Waals surface area contributed by atoms with Crippen LogP contribution >= 0.6 is 11.8 Å². The SMILES string of the molecule is CN(c1ccccc1)[C@@H]1SC(=O)N(c2ccccc2)C1=O. The Morgan fingerprint density at radius 1 is 0.952 bits per heavy atom. The lowest BCUT2D eigenvalue weighted by molar-refractivity contribution is -0.116. The first-order valence-corrected chi connectivity index (χ1v) is 7.44. The van der Waals surface area contributed by atoms with Crippen LogP contribution in [0.15, 0.2) is 60.7 Å². The fourth-order valence-electron chi connectivity index (χ4n) is 2.25. The predicted octanol–water partition coefficient (Wildman–Crippen LogP) is 3.35. The van der Waals surface area contributed by atoms with Gasteiger partial charge in [0.05, 0.1) is 5.69 Å². The molecule has 5 heteroatoms. The number of carbonyl (C=O) groups excluding carboxylic acids is 2. The van der Waals surface area contributed by atoms with Gasteiger partial charge in [0.1, 0.15) is 0 Å². The number of hydrogen-bond acceptors (Lipinski definition) is 4. The molecule has 106 valence electrons. The Morgan fingerprint density at radius 3 is 2.14 bits per heavy atom. The first kappa shape index (κ1) is 13.7. The van der Waals surface area contributed by atoms with Gasteiger partial charge in [-0.25, -0.2) is 4.90 Å². The van der Waals surface area contributed by atoms with E-state index in [2.05, 4.69) is 0 Å². The average Bonchev–Trinajstić information content (AvgIpc) is 2.83. The molecule has 0 spiro atoms. The van der Waals surface area contributed by atoms with Crippen LogP contribution in [0.2, 0.25) is 0 Å². The Hall–Kier alpha value is -2.27. The van der Waals surface area contributed by atoms with Crippen molar-refractivity contribution in [1.29, 1.82) is 0 Å². The molecule has 1 heterocycles. The Kier molecular flexibility index (Phi) is 3.66. The highest BCUT2D eigenvalue weighted by molar-refractivity contribution is 8.16. The molecule has 21 heavy (non-hydrogen) atoms. The molecule has 1 atom stereocenters. The van der Waals surface area contributed by atoms with E-state index in [1.807, 2.05) is 60.5 Å². The Labute approximate surface area is 127 Å². The fourth-order valence-corrected chi connectivity index (χ4v) is 3.23. The summed E-state index contributed by atoms with van der Waals surface area (Å²) in [6.07, 6.45) is 0. The summed E-state index contributed by atoms with van der Waals surface area (Å²) in [7, 11) is 1.83. The normalized spacial score (nSPS) is 18.1. The van der Waals surface area contributed by atoms with Crippen LogP contribution in [-0.2, 0) is 4.79 Å². The molecule has 2 aromatic rings. The van der Waals surface area contributed by atoms with E-state index in [1.54, 1.807) is 12.1 Å². The first-order chi connectivity index (χ1) is 10.2. The van der Waals surface area contributed by atoms with Gasteiger partial charge in [-0.3, -0.25) is 9.59 Å². The van der Waals surface area contributed by atoms with Crippen LogP contribution in [0, 0.1) is 0 Å². The predicted molar refractivity (Wildman–Crippen MR) is 85.5 cm³/mol. The van der Waals surface area contributed by atoms with Crippen molar-refractivity contribution in [3.8, 4) is 0 Å². The first-order valence-electron chi connectivity index (χ1n) is 6.56.